The van der Waals surface area contributed by atoms with Gasteiger partial charge in [0.15, 0.2) is 0 Å². The Kier molecular flexibility index (Phi) is 9.35. The first-order valence-electron chi connectivity index (χ1n) is 10.3. The zero-order valence-corrected chi connectivity index (χ0v) is 20.9. The smallest absolute Gasteiger partial charge is 0.497 e. The van der Waals surface area contributed by atoms with Gasteiger partial charge in [0.2, 0.25) is 0 Å². The summed E-state index contributed by atoms with van der Waals surface area (Å²) < 4.78 is 16.2. The summed E-state index contributed by atoms with van der Waals surface area (Å²) in [5, 5.41) is 0. The molecule has 152 valence electrons. The number of rotatable bonds is 9. The maximum absolute atomic E-state index is 5.41. The third-order valence-corrected chi connectivity index (χ3v) is 6.05. The number of methoxy groups -OCH3 is 3. The van der Waals surface area contributed by atoms with Gasteiger partial charge in [-0.1, -0.05) is 56.2 Å². The maximum Gasteiger partial charge on any atom is 1.00 e. The number of unbranched alkanes of at least 4 members (excludes halogenated alkanes) is 1. The van der Waals surface area contributed by atoms with Gasteiger partial charge in [-0.3, -0.25) is 0 Å². The van der Waals surface area contributed by atoms with E-state index < -0.39 is 6.15 Å². The fourth-order valence-corrected chi connectivity index (χ4v) is 4.38. The van der Waals surface area contributed by atoms with Gasteiger partial charge >= 0.3 is 29.6 Å². The van der Waals surface area contributed by atoms with Crippen LogP contribution in [-0.4, -0.2) is 27.5 Å². The van der Waals surface area contributed by atoms with Crippen molar-refractivity contribution >= 4 is 22.5 Å². The summed E-state index contributed by atoms with van der Waals surface area (Å²) in [5.74, 6) is 2.62. The van der Waals surface area contributed by atoms with Crippen LogP contribution in [0.5, 0.6) is 17.2 Å². The first kappa shape index (κ1) is 24.4. The van der Waals surface area contributed by atoms with Crippen LogP contribution in [0.1, 0.15) is 19.8 Å². The quantitative estimate of drug-likeness (QED) is 0.491. The molecule has 0 fully saturated rings. The van der Waals surface area contributed by atoms with Crippen molar-refractivity contribution < 1.29 is 43.8 Å². The van der Waals surface area contributed by atoms with E-state index >= 15 is 0 Å². The summed E-state index contributed by atoms with van der Waals surface area (Å²) in [4.78, 5) is 0. The standard InChI is InChI=1S/C25H30BO3.Na/c1-5-6-19-26(20-7-13-23(27-2)14-8-20,21-9-15-24(28-3)16-10-21)22-11-17-25(29-4)18-12-22;/h7-18H,5-6,19H2,1-4H3;/q-1;+1. The predicted molar refractivity (Wildman–Crippen MR) is 123 cm³/mol. The van der Waals surface area contributed by atoms with E-state index in [0.717, 1.165) is 36.4 Å². The molecule has 0 atom stereocenters. The molecule has 0 saturated heterocycles. The Hall–Kier alpha value is -1.88. The van der Waals surface area contributed by atoms with Crippen molar-refractivity contribution in [3.63, 3.8) is 0 Å². The summed E-state index contributed by atoms with van der Waals surface area (Å²) in [5.41, 5.74) is 3.94. The van der Waals surface area contributed by atoms with Crippen LogP contribution < -0.4 is 60.2 Å². The fourth-order valence-electron chi connectivity index (χ4n) is 4.38. The van der Waals surface area contributed by atoms with Crippen LogP contribution in [0.15, 0.2) is 72.8 Å². The van der Waals surface area contributed by atoms with E-state index in [2.05, 4.69) is 79.7 Å². The molecule has 0 radical (unpaired) electrons. The fraction of sp³-hybridized carbons (Fsp3) is 0.280. The number of hydrogen-bond donors (Lipinski definition) is 0. The first-order chi connectivity index (χ1) is 14.2. The van der Waals surface area contributed by atoms with Crippen LogP contribution in [-0.2, 0) is 0 Å². The Labute approximate surface area is 203 Å². The minimum atomic E-state index is -1.14. The van der Waals surface area contributed by atoms with Gasteiger partial charge < -0.3 is 14.2 Å². The molecule has 0 aliphatic carbocycles. The minimum absolute atomic E-state index is 0. The number of hydrogen-bond acceptors (Lipinski definition) is 3. The summed E-state index contributed by atoms with van der Waals surface area (Å²) in [6.07, 6.45) is 2.22. The van der Waals surface area contributed by atoms with Crippen molar-refractivity contribution in [2.24, 2.45) is 0 Å². The van der Waals surface area contributed by atoms with Gasteiger partial charge in [-0.25, -0.2) is 0 Å². The average Bonchev–Trinajstić information content (AvgIpc) is 2.80. The van der Waals surface area contributed by atoms with E-state index in [4.69, 9.17) is 14.2 Å². The van der Waals surface area contributed by atoms with Gasteiger partial charge in [0.25, 0.3) is 0 Å². The van der Waals surface area contributed by atoms with Gasteiger partial charge in [0, 0.05) is 0 Å². The van der Waals surface area contributed by atoms with Crippen molar-refractivity contribution in [1.29, 1.82) is 0 Å². The molecule has 0 aliphatic heterocycles. The normalized spacial score (nSPS) is 10.8. The Morgan fingerprint density at radius 2 is 0.867 bits per heavy atom. The maximum atomic E-state index is 5.41. The minimum Gasteiger partial charge on any atom is -0.497 e. The zero-order chi connectivity index (χ0) is 20.7. The molecule has 0 unspecified atom stereocenters. The Morgan fingerprint density at radius 1 is 0.567 bits per heavy atom. The molecule has 0 saturated carbocycles. The molecule has 3 rings (SSSR count). The molecule has 3 aromatic rings. The zero-order valence-electron chi connectivity index (χ0n) is 18.9. The van der Waals surface area contributed by atoms with E-state index in [-0.39, 0.29) is 29.6 Å². The monoisotopic (exact) mass is 412 g/mol. The van der Waals surface area contributed by atoms with Crippen LogP contribution in [0.2, 0.25) is 6.32 Å². The van der Waals surface area contributed by atoms with Crippen LogP contribution in [0.25, 0.3) is 0 Å². The molecule has 0 amide bonds. The Balaban J connectivity index is 0.00000320. The molecule has 0 bridgehead atoms. The van der Waals surface area contributed by atoms with E-state index in [1.54, 1.807) is 21.3 Å². The Bertz CT molecular complexity index is 778. The topological polar surface area (TPSA) is 27.7 Å². The third-order valence-electron chi connectivity index (χ3n) is 6.05. The summed E-state index contributed by atoms with van der Waals surface area (Å²) in [6, 6.07) is 25.6. The number of benzene rings is 3. The van der Waals surface area contributed by atoms with Gasteiger partial charge in [-0.05, 0) is 36.4 Å². The van der Waals surface area contributed by atoms with Crippen LogP contribution in [0.4, 0.5) is 0 Å². The van der Waals surface area contributed by atoms with E-state index in [1.165, 1.54) is 16.4 Å². The SMILES string of the molecule is CCCC[B-](c1ccc(OC)cc1)(c1ccc(OC)cc1)c1ccc(OC)cc1.[Na+]. The second-order valence-electron chi connectivity index (χ2n) is 7.51. The van der Waals surface area contributed by atoms with Crippen molar-refractivity contribution in [1.82, 2.24) is 0 Å². The van der Waals surface area contributed by atoms with Gasteiger partial charge in [0.05, 0.1) is 27.5 Å². The molecule has 0 N–H and O–H groups in total. The molecule has 30 heavy (non-hydrogen) atoms. The van der Waals surface area contributed by atoms with E-state index in [0.29, 0.717) is 0 Å². The van der Waals surface area contributed by atoms with Crippen LogP contribution in [0, 0.1) is 0 Å². The molecular weight excluding hydrogens is 382 g/mol. The third kappa shape index (κ3) is 5.05. The van der Waals surface area contributed by atoms with E-state index in [1.807, 2.05) is 0 Å². The molecule has 0 aliphatic rings. The molecule has 5 heteroatoms. The molecule has 0 aromatic heterocycles. The van der Waals surface area contributed by atoms with Gasteiger partial charge in [0.1, 0.15) is 17.2 Å². The molecule has 0 heterocycles. The van der Waals surface area contributed by atoms with Crippen molar-refractivity contribution in [3.05, 3.63) is 72.8 Å². The van der Waals surface area contributed by atoms with Crippen LogP contribution >= 0.6 is 0 Å². The molecular formula is C25H30BNaO3. The first-order valence-corrected chi connectivity index (χ1v) is 10.3. The molecule has 3 nitrogen and oxygen atoms in total. The molecule has 0 spiro atoms. The number of ether oxygens (including phenoxy) is 3. The largest absolute Gasteiger partial charge is 1.00 e. The van der Waals surface area contributed by atoms with E-state index in [9.17, 15) is 0 Å². The van der Waals surface area contributed by atoms with Crippen molar-refractivity contribution in [2.45, 2.75) is 26.1 Å². The summed E-state index contributed by atoms with van der Waals surface area (Å²) in [6.45, 7) is 2.25. The van der Waals surface area contributed by atoms with Crippen molar-refractivity contribution in [3.8, 4) is 17.2 Å². The summed E-state index contributed by atoms with van der Waals surface area (Å²) >= 11 is 0. The summed E-state index contributed by atoms with van der Waals surface area (Å²) in [7, 11) is 5.12. The second-order valence-corrected chi connectivity index (χ2v) is 7.51. The second kappa shape index (κ2) is 11.5. The van der Waals surface area contributed by atoms with Crippen molar-refractivity contribution in [2.75, 3.05) is 21.3 Å². The Morgan fingerprint density at radius 3 is 1.10 bits per heavy atom. The van der Waals surface area contributed by atoms with Gasteiger partial charge in [-0.15, -0.1) is 0 Å². The average molecular weight is 412 g/mol. The predicted octanol–water partition coefficient (Wildman–Crippen LogP) is 0.987. The molecule has 3 aromatic carbocycles. The van der Waals surface area contributed by atoms with Crippen LogP contribution in [0.3, 0.4) is 0 Å². The van der Waals surface area contributed by atoms with Gasteiger partial charge in [-0.2, -0.15) is 22.7 Å².